The lowest BCUT2D eigenvalue weighted by Gasteiger charge is -2.06. The Morgan fingerprint density at radius 2 is 1.78 bits per heavy atom. The van der Waals surface area contributed by atoms with Crippen LogP contribution in [0.15, 0.2) is 0 Å². The summed E-state index contributed by atoms with van der Waals surface area (Å²) in [5.41, 5.74) is 10.7. The van der Waals surface area contributed by atoms with Gasteiger partial charge in [0, 0.05) is 0 Å². The second-order valence-corrected chi connectivity index (χ2v) is 2.61. The maximum atomic E-state index is 5.37. The Labute approximate surface area is 57.6 Å². The molecule has 0 amide bonds. The van der Waals surface area contributed by atoms with E-state index in [1.165, 1.54) is 6.42 Å². The Kier molecular flexibility index (Phi) is 5.99. The van der Waals surface area contributed by atoms with Gasteiger partial charge >= 0.3 is 0 Å². The van der Waals surface area contributed by atoms with Crippen LogP contribution < -0.4 is 11.5 Å². The summed E-state index contributed by atoms with van der Waals surface area (Å²) in [5, 5.41) is 0. The molecule has 0 aromatic heterocycles. The first-order valence-corrected chi connectivity index (χ1v) is 3.71. The predicted octanol–water partition coefficient (Wildman–Crippen LogP) is 0.710. The number of nitrogens with two attached hydrogens (primary N) is 2. The molecule has 1 atom stereocenters. The molecule has 0 aromatic carbocycles. The number of hydrogen-bond acceptors (Lipinski definition) is 2. The summed E-state index contributed by atoms with van der Waals surface area (Å²) in [6.45, 7) is 3.85. The molecule has 0 aliphatic heterocycles. The third-order valence-corrected chi connectivity index (χ3v) is 1.56. The number of hydrogen-bond donors (Lipinski definition) is 2. The third-order valence-electron chi connectivity index (χ3n) is 1.56. The van der Waals surface area contributed by atoms with Crippen LogP contribution in [-0.2, 0) is 0 Å². The molecule has 0 heterocycles. The van der Waals surface area contributed by atoms with Crippen LogP contribution in [0.2, 0.25) is 0 Å². The fourth-order valence-electron chi connectivity index (χ4n) is 0.895. The van der Waals surface area contributed by atoms with E-state index >= 15 is 0 Å². The molecule has 9 heavy (non-hydrogen) atoms. The molecule has 0 spiro atoms. The maximum Gasteiger partial charge on any atom is -0.00747 e. The van der Waals surface area contributed by atoms with Crippen molar-refractivity contribution in [2.75, 3.05) is 13.1 Å². The van der Waals surface area contributed by atoms with Gasteiger partial charge in [-0.1, -0.05) is 6.92 Å². The van der Waals surface area contributed by atoms with Gasteiger partial charge in [0.1, 0.15) is 0 Å². The first-order valence-electron chi connectivity index (χ1n) is 3.71. The van der Waals surface area contributed by atoms with Crippen molar-refractivity contribution >= 4 is 0 Å². The lowest BCUT2D eigenvalue weighted by molar-refractivity contribution is 0.485. The minimum Gasteiger partial charge on any atom is -0.330 e. The van der Waals surface area contributed by atoms with Gasteiger partial charge in [-0.05, 0) is 38.3 Å². The average Bonchev–Trinajstić information content (AvgIpc) is 1.85. The summed E-state index contributed by atoms with van der Waals surface area (Å²) < 4.78 is 0. The first-order chi connectivity index (χ1) is 4.31. The van der Waals surface area contributed by atoms with Gasteiger partial charge in [0.2, 0.25) is 0 Å². The molecule has 0 aliphatic rings. The SMILES string of the molecule is CC(CCN)CCCN. The highest BCUT2D eigenvalue weighted by Crippen LogP contribution is 2.07. The molecule has 0 bridgehead atoms. The molecule has 56 valence electrons. The van der Waals surface area contributed by atoms with Gasteiger partial charge in [-0.3, -0.25) is 0 Å². The second-order valence-electron chi connectivity index (χ2n) is 2.61. The molecule has 0 rings (SSSR count). The van der Waals surface area contributed by atoms with Crippen LogP contribution in [0.25, 0.3) is 0 Å². The van der Waals surface area contributed by atoms with E-state index in [9.17, 15) is 0 Å². The summed E-state index contributed by atoms with van der Waals surface area (Å²) in [5.74, 6) is 0.763. The summed E-state index contributed by atoms with van der Waals surface area (Å²) in [4.78, 5) is 0. The van der Waals surface area contributed by atoms with Gasteiger partial charge in [0.15, 0.2) is 0 Å². The molecule has 0 aromatic rings. The highest BCUT2D eigenvalue weighted by atomic mass is 14.5. The summed E-state index contributed by atoms with van der Waals surface area (Å²) >= 11 is 0. The van der Waals surface area contributed by atoms with Crippen LogP contribution in [0.4, 0.5) is 0 Å². The maximum absolute atomic E-state index is 5.37. The second kappa shape index (κ2) is 6.05. The number of rotatable bonds is 5. The van der Waals surface area contributed by atoms with Crippen molar-refractivity contribution < 1.29 is 0 Å². The topological polar surface area (TPSA) is 52.0 Å². The van der Waals surface area contributed by atoms with Crippen molar-refractivity contribution in [1.82, 2.24) is 0 Å². The normalized spacial score (nSPS) is 13.7. The first kappa shape index (κ1) is 8.92. The molecule has 0 radical (unpaired) electrons. The molecule has 0 aliphatic carbocycles. The average molecular weight is 130 g/mol. The molecule has 0 saturated carbocycles. The molecule has 4 N–H and O–H groups in total. The van der Waals surface area contributed by atoms with Crippen LogP contribution in [0.1, 0.15) is 26.2 Å². The lowest BCUT2D eigenvalue weighted by atomic mass is 10.0. The van der Waals surface area contributed by atoms with E-state index < -0.39 is 0 Å². The van der Waals surface area contributed by atoms with Gasteiger partial charge in [0.25, 0.3) is 0 Å². The highest BCUT2D eigenvalue weighted by molar-refractivity contribution is 4.53. The quantitative estimate of drug-likeness (QED) is 0.576. The summed E-state index contributed by atoms with van der Waals surface area (Å²) in [6.07, 6.45) is 3.51. The summed E-state index contributed by atoms with van der Waals surface area (Å²) in [6, 6.07) is 0. The van der Waals surface area contributed by atoms with Crippen molar-refractivity contribution in [2.24, 2.45) is 17.4 Å². The summed E-state index contributed by atoms with van der Waals surface area (Å²) in [7, 11) is 0. The largest absolute Gasteiger partial charge is 0.330 e. The zero-order valence-corrected chi connectivity index (χ0v) is 6.27. The molecular formula is C7H18N2. The molecule has 1 unspecified atom stereocenters. The lowest BCUT2D eigenvalue weighted by Crippen LogP contribution is -2.07. The molecule has 0 fully saturated rings. The smallest absolute Gasteiger partial charge is 0.00747 e. The molecule has 2 heteroatoms. The van der Waals surface area contributed by atoms with E-state index in [-0.39, 0.29) is 0 Å². The van der Waals surface area contributed by atoms with Crippen molar-refractivity contribution in [3.8, 4) is 0 Å². The minimum absolute atomic E-state index is 0.763. The van der Waals surface area contributed by atoms with Crippen molar-refractivity contribution in [2.45, 2.75) is 26.2 Å². The molecule has 2 nitrogen and oxygen atoms in total. The minimum atomic E-state index is 0.763. The Hall–Kier alpha value is -0.0800. The Balaban J connectivity index is 2.95. The Morgan fingerprint density at radius 3 is 2.22 bits per heavy atom. The fraction of sp³-hybridized carbons (Fsp3) is 1.00. The van der Waals surface area contributed by atoms with Gasteiger partial charge in [-0.15, -0.1) is 0 Å². The van der Waals surface area contributed by atoms with Crippen molar-refractivity contribution in [1.29, 1.82) is 0 Å². The van der Waals surface area contributed by atoms with Crippen LogP contribution in [0.3, 0.4) is 0 Å². The van der Waals surface area contributed by atoms with E-state index in [0.717, 1.165) is 31.8 Å². The Bertz CT molecular complexity index is 54.9. The van der Waals surface area contributed by atoms with E-state index in [1.54, 1.807) is 0 Å². The van der Waals surface area contributed by atoms with Crippen LogP contribution >= 0.6 is 0 Å². The molecule has 0 saturated heterocycles. The van der Waals surface area contributed by atoms with E-state index in [1.807, 2.05) is 0 Å². The van der Waals surface area contributed by atoms with E-state index in [2.05, 4.69) is 6.92 Å². The fourth-order valence-corrected chi connectivity index (χ4v) is 0.895. The zero-order chi connectivity index (χ0) is 7.11. The van der Waals surface area contributed by atoms with Crippen molar-refractivity contribution in [3.63, 3.8) is 0 Å². The predicted molar refractivity (Wildman–Crippen MR) is 41.1 cm³/mol. The van der Waals surface area contributed by atoms with Gasteiger partial charge in [0.05, 0.1) is 0 Å². The van der Waals surface area contributed by atoms with Gasteiger partial charge < -0.3 is 11.5 Å². The van der Waals surface area contributed by atoms with Gasteiger partial charge in [-0.25, -0.2) is 0 Å². The highest BCUT2D eigenvalue weighted by Gasteiger charge is 1.97. The van der Waals surface area contributed by atoms with Crippen LogP contribution in [-0.4, -0.2) is 13.1 Å². The van der Waals surface area contributed by atoms with E-state index in [0.29, 0.717) is 0 Å². The molecular weight excluding hydrogens is 112 g/mol. The van der Waals surface area contributed by atoms with E-state index in [4.69, 9.17) is 11.5 Å². The monoisotopic (exact) mass is 130 g/mol. The van der Waals surface area contributed by atoms with Crippen molar-refractivity contribution in [3.05, 3.63) is 0 Å². The zero-order valence-electron chi connectivity index (χ0n) is 6.27. The third kappa shape index (κ3) is 5.80. The van der Waals surface area contributed by atoms with Crippen LogP contribution in [0, 0.1) is 5.92 Å². The Morgan fingerprint density at radius 1 is 1.11 bits per heavy atom. The van der Waals surface area contributed by atoms with Gasteiger partial charge in [-0.2, -0.15) is 0 Å². The standard InChI is InChI=1S/C7H18N2/c1-7(4-6-9)3-2-5-8/h7H,2-6,8-9H2,1H3. The van der Waals surface area contributed by atoms with Crippen LogP contribution in [0.5, 0.6) is 0 Å².